The third-order valence-corrected chi connectivity index (χ3v) is 4.73. The first-order valence-electron chi connectivity index (χ1n) is 7.65. The van der Waals surface area contributed by atoms with Crippen LogP contribution in [0.15, 0.2) is 0 Å². The lowest BCUT2D eigenvalue weighted by atomic mass is 10.1. The number of anilines is 1. The van der Waals surface area contributed by atoms with Crippen molar-refractivity contribution < 1.29 is 9.53 Å². The van der Waals surface area contributed by atoms with Gasteiger partial charge >= 0.3 is 6.03 Å². The molecule has 1 aromatic heterocycles. The van der Waals surface area contributed by atoms with E-state index in [-0.39, 0.29) is 12.1 Å². The van der Waals surface area contributed by atoms with Gasteiger partial charge < -0.3 is 9.64 Å². The molecule has 1 atom stereocenters. The maximum absolute atomic E-state index is 12.3. The molecule has 1 fully saturated rings. The van der Waals surface area contributed by atoms with Crippen molar-refractivity contribution in [2.45, 2.75) is 52.1 Å². The van der Waals surface area contributed by atoms with E-state index < -0.39 is 0 Å². The zero-order valence-corrected chi connectivity index (χ0v) is 13.8. The van der Waals surface area contributed by atoms with Crippen molar-refractivity contribution >= 4 is 22.5 Å². The van der Waals surface area contributed by atoms with E-state index in [4.69, 9.17) is 4.74 Å². The minimum absolute atomic E-state index is 0.0767. The Kier molecular flexibility index (Phi) is 5.93. The fourth-order valence-electron chi connectivity index (χ4n) is 2.44. The second kappa shape index (κ2) is 7.70. The average Bonchev–Trinajstić information content (AvgIpc) is 2.80. The number of amides is 2. The van der Waals surface area contributed by atoms with Gasteiger partial charge in [0, 0.05) is 25.6 Å². The van der Waals surface area contributed by atoms with E-state index in [1.54, 1.807) is 4.90 Å². The lowest BCUT2D eigenvalue weighted by Crippen LogP contribution is -2.38. The standard InChI is InChI=1S/C14H24N4O2S/c1-4-11(5-2)12-16-17-13(21-12)15-14(19)18-7-6-8-20-10(3)9-18/h10-11H,4-9H2,1-3H3,(H,15,17,19)/t10-/m0/s1. The average molecular weight is 312 g/mol. The van der Waals surface area contributed by atoms with Gasteiger partial charge in [-0.25, -0.2) is 4.79 Å². The third-order valence-electron chi connectivity index (χ3n) is 3.73. The Morgan fingerprint density at radius 1 is 1.48 bits per heavy atom. The molecule has 0 saturated carbocycles. The fourth-order valence-corrected chi connectivity index (χ4v) is 3.44. The Balaban J connectivity index is 1.96. The summed E-state index contributed by atoms with van der Waals surface area (Å²) in [7, 11) is 0. The van der Waals surface area contributed by atoms with Crippen LogP contribution in [0.4, 0.5) is 9.93 Å². The van der Waals surface area contributed by atoms with Crippen LogP contribution in [0.2, 0.25) is 0 Å². The lowest BCUT2D eigenvalue weighted by molar-refractivity contribution is 0.0718. The van der Waals surface area contributed by atoms with Gasteiger partial charge in [0.15, 0.2) is 0 Å². The Labute approximate surface area is 129 Å². The lowest BCUT2D eigenvalue weighted by Gasteiger charge is -2.21. The molecule has 2 rings (SSSR count). The highest BCUT2D eigenvalue weighted by Crippen LogP contribution is 2.28. The van der Waals surface area contributed by atoms with E-state index in [1.807, 2.05) is 6.92 Å². The number of urea groups is 1. The molecule has 118 valence electrons. The second-order valence-electron chi connectivity index (χ2n) is 5.37. The first-order chi connectivity index (χ1) is 10.1. The minimum Gasteiger partial charge on any atom is -0.377 e. The molecule has 1 N–H and O–H groups in total. The van der Waals surface area contributed by atoms with Gasteiger partial charge in [0.1, 0.15) is 5.01 Å². The molecule has 0 spiro atoms. The SMILES string of the molecule is CCC(CC)c1nnc(NC(=O)N2CCCO[C@@H](C)C2)s1. The van der Waals surface area contributed by atoms with Crippen LogP contribution < -0.4 is 5.32 Å². The number of rotatable bonds is 4. The topological polar surface area (TPSA) is 67.4 Å². The molecule has 0 bridgehead atoms. The molecule has 2 amide bonds. The number of nitrogens with one attached hydrogen (secondary N) is 1. The van der Waals surface area contributed by atoms with Gasteiger partial charge in [-0.3, -0.25) is 5.32 Å². The van der Waals surface area contributed by atoms with E-state index in [0.717, 1.165) is 24.3 Å². The third kappa shape index (κ3) is 4.38. The molecule has 1 aliphatic heterocycles. The molecule has 2 heterocycles. The summed E-state index contributed by atoms with van der Waals surface area (Å²) < 4.78 is 5.55. The molecule has 0 aliphatic carbocycles. The van der Waals surface area contributed by atoms with E-state index in [1.165, 1.54) is 11.3 Å². The predicted octanol–water partition coefficient (Wildman–Crippen LogP) is 3.08. The highest BCUT2D eigenvalue weighted by molar-refractivity contribution is 7.15. The molecular weight excluding hydrogens is 288 g/mol. The molecule has 1 saturated heterocycles. The largest absolute Gasteiger partial charge is 0.377 e. The predicted molar refractivity (Wildman–Crippen MR) is 83.9 cm³/mol. The summed E-state index contributed by atoms with van der Waals surface area (Å²) in [4.78, 5) is 14.1. The fraction of sp³-hybridized carbons (Fsp3) is 0.786. The van der Waals surface area contributed by atoms with E-state index >= 15 is 0 Å². The molecule has 1 aromatic rings. The number of aromatic nitrogens is 2. The Hall–Kier alpha value is -1.21. The van der Waals surface area contributed by atoms with Crippen molar-refractivity contribution in [3.05, 3.63) is 5.01 Å². The van der Waals surface area contributed by atoms with E-state index in [9.17, 15) is 4.79 Å². The van der Waals surface area contributed by atoms with Gasteiger partial charge in [-0.15, -0.1) is 10.2 Å². The van der Waals surface area contributed by atoms with Crippen molar-refractivity contribution in [1.82, 2.24) is 15.1 Å². The number of carbonyl (C=O) groups is 1. The number of carbonyl (C=O) groups excluding carboxylic acids is 1. The van der Waals surface area contributed by atoms with Crippen LogP contribution >= 0.6 is 11.3 Å². The van der Waals surface area contributed by atoms with Crippen molar-refractivity contribution in [2.24, 2.45) is 0 Å². The van der Waals surface area contributed by atoms with E-state index in [0.29, 0.717) is 30.7 Å². The zero-order chi connectivity index (χ0) is 15.2. The normalized spacial score (nSPS) is 19.6. The molecule has 0 radical (unpaired) electrons. The maximum atomic E-state index is 12.3. The quantitative estimate of drug-likeness (QED) is 0.927. The van der Waals surface area contributed by atoms with Gasteiger partial charge in [-0.2, -0.15) is 0 Å². The van der Waals surface area contributed by atoms with Crippen LogP contribution in [0.25, 0.3) is 0 Å². The van der Waals surface area contributed by atoms with Crippen LogP contribution in [0, 0.1) is 0 Å². The molecule has 21 heavy (non-hydrogen) atoms. The van der Waals surface area contributed by atoms with Crippen LogP contribution in [-0.2, 0) is 4.74 Å². The van der Waals surface area contributed by atoms with Crippen molar-refractivity contribution in [3.63, 3.8) is 0 Å². The molecule has 7 heteroatoms. The van der Waals surface area contributed by atoms with Gasteiger partial charge in [-0.05, 0) is 26.2 Å². The Morgan fingerprint density at radius 3 is 2.95 bits per heavy atom. The summed E-state index contributed by atoms with van der Waals surface area (Å²) in [6.07, 6.45) is 3.03. The summed E-state index contributed by atoms with van der Waals surface area (Å²) in [5, 5.41) is 12.7. The number of nitrogens with zero attached hydrogens (tertiary/aromatic N) is 3. The summed E-state index contributed by atoms with van der Waals surface area (Å²) in [5.41, 5.74) is 0. The highest BCUT2D eigenvalue weighted by atomic mass is 32.1. The smallest absolute Gasteiger partial charge is 0.323 e. The highest BCUT2D eigenvalue weighted by Gasteiger charge is 2.21. The first kappa shape index (κ1) is 16.2. The Bertz CT molecular complexity index is 462. The van der Waals surface area contributed by atoms with Gasteiger partial charge in [0.25, 0.3) is 0 Å². The number of hydrogen-bond acceptors (Lipinski definition) is 5. The summed E-state index contributed by atoms with van der Waals surface area (Å²) in [6, 6.07) is -0.111. The molecule has 1 aliphatic rings. The minimum atomic E-state index is -0.111. The maximum Gasteiger partial charge on any atom is 0.323 e. The summed E-state index contributed by atoms with van der Waals surface area (Å²) in [5.74, 6) is 0.430. The monoisotopic (exact) mass is 312 g/mol. The number of hydrogen-bond donors (Lipinski definition) is 1. The molecule has 6 nitrogen and oxygen atoms in total. The van der Waals surface area contributed by atoms with Crippen LogP contribution in [0.5, 0.6) is 0 Å². The summed E-state index contributed by atoms with van der Waals surface area (Å²) >= 11 is 1.48. The zero-order valence-electron chi connectivity index (χ0n) is 13.0. The van der Waals surface area contributed by atoms with Crippen LogP contribution in [0.3, 0.4) is 0 Å². The van der Waals surface area contributed by atoms with Gasteiger partial charge in [0.05, 0.1) is 6.10 Å². The second-order valence-corrected chi connectivity index (χ2v) is 6.38. The van der Waals surface area contributed by atoms with Crippen molar-refractivity contribution in [2.75, 3.05) is 25.0 Å². The first-order valence-corrected chi connectivity index (χ1v) is 8.46. The molecular formula is C14H24N4O2S. The number of ether oxygens (including phenoxy) is 1. The van der Waals surface area contributed by atoms with Crippen molar-refractivity contribution in [1.29, 1.82) is 0 Å². The molecule has 0 aromatic carbocycles. The van der Waals surface area contributed by atoms with Gasteiger partial charge in [0.2, 0.25) is 5.13 Å². The van der Waals surface area contributed by atoms with Gasteiger partial charge in [-0.1, -0.05) is 25.2 Å². The van der Waals surface area contributed by atoms with Crippen LogP contribution in [0.1, 0.15) is 51.0 Å². The summed E-state index contributed by atoms with van der Waals surface area (Å²) in [6.45, 7) is 8.32. The van der Waals surface area contributed by atoms with Crippen LogP contribution in [-0.4, -0.2) is 46.9 Å². The molecule has 0 unspecified atom stereocenters. The van der Waals surface area contributed by atoms with E-state index in [2.05, 4.69) is 29.4 Å². The Morgan fingerprint density at radius 2 is 2.24 bits per heavy atom. The van der Waals surface area contributed by atoms with Crippen molar-refractivity contribution in [3.8, 4) is 0 Å².